The Kier molecular flexibility index (Phi) is 3.77. The summed E-state index contributed by atoms with van der Waals surface area (Å²) in [5, 5.41) is 6.94. The van der Waals surface area contributed by atoms with Crippen molar-refractivity contribution in [2.24, 2.45) is 0 Å². The van der Waals surface area contributed by atoms with Gasteiger partial charge >= 0.3 is 0 Å². The van der Waals surface area contributed by atoms with Crippen molar-refractivity contribution in [3.63, 3.8) is 0 Å². The van der Waals surface area contributed by atoms with Crippen molar-refractivity contribution >= 4 is 60.5 Å². The van der Waals surface area contributed by atoms with Crippen molar-refractivity contribution in [2.45, 2.75) is 6.92 Å². The molecule has 5 heteroatoms. The second-order valence-electron chi connectivity index (χ2n) is 6.86. The third kappa shape index (κ3) is 2.68. The van der Waals surface area contributed by atoms with E-state index in [-0.39, 0.29) is 5.91 Å². The molecule has 0 unspecified atom stereocenters. The number of thiophene rings is 1. The third-order valence-corrected chi connectivity index (χ3v) is 6.03. The van der Waals surface area contributed by atoms with Gasteiger partial charge in [0.05, 0.1) is 11.2 Å². The lowest BCUT2D eigenvalue weighted by atomic mass is 10.1. The fraction of sp³-hybridized carbons (Fsp3) is 0.0435. The van der Waals surface area contributed by atoms with Gasteiger partial charge in [-0.2, -0.15) is 0 Å². The molecule has 28 heavy (non-hydrogen) atoms. The SMILES string of the molecule is Cc1ccc2nc3sc(C(=O)Nc4cccc5ccccc45)c(N)c3cc2c1. The summed E-state index contributed by atoms with van der Waals surface area (Å²) in [4.78, 5) is 18.9. The standard InChI is InChI=1S/C23H17N3OS/c1-13-9-10-18-15(11-13)12-17-20(24)21(28-23(17)26-18)22(27)25-19-8-4-6-14-5-2-3-7-16(14)19/h2-12H,24H2,1H3,(H,25,27). The van der Waals surface area contributed by atoms with E-state index in [4.69, 9.17) is 10.7 Å². The average Bonchev–Trinajstić information content (AvgIpc) is 3.02. The van der Waals surface area contributed by atoms with Crippen molar-refractivity contribution in [3.8, 4) is 0 Å². The van der Waals surface area contributed by atoms with Crippen LogP contribution >= 0.6 is 11.3 Å². The van der Waals surface area contributed by atoms with E-state index < -0.39 is 0 Å². The quantitative estimate of drug-likeness (QED) is 0.408. The van der Waals surface area contributed by atoms with Gasteiger partial charge in [0.1, 0.15) is 9.71 Å². The topological polar surface area (TPSA) is 68.0 Å². The van der Waals surface area contributed by atoms with Gasteiger partial charge in [-0.1, -0.05) is 48.0 Å². The molecule has 0 aliphatic heterocycles. The third-order valence-electron chi connectivity index (χ3n) is 4.91. The zero-order chi connectivity index (χ0) is 19.3. The highest BCUT2D eigenvalue weighted by Crippen LogP contribution is 2.35. The van der Waals surface area contributed by atoms with E-state index in [0.29, 0.717) is 10.6 Å². The lowest BCUT2D eigenvalue weighted by Crippen LogP contribution is -2.12. The monoisotopic (exact) mass is 383 g/mol. The summed E-state index contributed by atoms with van der Waals surface area (Å²) in [6, 6.07) is 21.9. The molecule has 0 fully saturated rings. The molecule has 3 aromatic carbocycles. The molecule has 2 aromatic heterocycles. The van der Waals surface area contributed by atoms with Crippen LogP contribution in [-0.4, -0.2) is 10.9 Å². The molecule has 0 atom stereocenters. The molecule has 0 saturated heterocycles. The number of aromatic nitrogens is 1. The molecule has 0 radical (unpaired) electrons. The molecule has 2 heterocycles. The predicted molar refractivity (Wildman–Crippen MR) is 118 cm³/mol. The molecule has 3 N–H and O–H groups in total. The van der Waals surface area contributed by atoms with E-state index >= 15 is 0 Å². The maximum atomic E-state index is 13.0. The maximum Gasteiger partial charge on any atom is 0.267 e. The van der Waals surface area contributed by atoms with Crippen LogP contribution in [0.25, 0.3) is 31.9 Å². The molecule has 0 aliphatic rings. The Hall–Kier alpha value is -3.44. The van der Waals surface area contributed by atoms with Gasteiger partial charge in [-0.05, 0) is 36.6 Å². The van der Waals surface area contributed by atoms with Crippen molar-refractivity contribution < 1.29 is 4.79 Å². The van der Waals surface area contributed by atoms with Gasteiger partial charge in [0.25, 0.3) is 5.91 Å². The molecule has 4 nitrogen and oxygen atoms in total. The van der Waals surface area contributed by atoms with Gasteiger partial charge in [-0.3, -0.25) is 4.79 Å². The molecule has 0 aliphatic carbocycles. The lowest BCUT2D eigenvalue weighted by molar-refractivity contribution is 0.103. The summed E-state index contributed by atoms with van der Waals surface area (Å²) in [6.07, 6.45) is 0. The van der Waals surface area contributed by atoms with Crippen LogP contribution in [0.2, 0.25) is 0 Å². The number of amides is 1. The Morgan fingerprint density at radius 2 is 1.79 bits per heavy atom. The van der Waals surface area contributed by atoms with E-state index in [9.17, 15) is 4.79 Å². The van der Waals surface area contributed by atoms with E-state index in [1.807, 2.05) is 67.6 Å². The van der Waals surface area contributed by atoms with Crippen LogP contribution in [-0.2, 0) is 0 Å². The first-order chi connectivity index (χ1) is 13.6. The van der Waals surface area contributed by atoms with Crippen LogP contribution in [0.1, 0.15) is 15.2 Å². The minimum atomic E-state index is -0.211. The number of rotatable bonds is 2. The molecule has 0 spiro atoms. The van der Waals surface area contributed by atoms with Gasteiger partial charge in [-0.15, -0.1) is 11.3 Å². The molecule has 5 aromatic rings. The molecule has 136 valence electrons. The first-order valence-electron chi connectivity index (χ1n) is 8.99. The van der Waals surface area contributed by atoms with Gasteiger partial charge in [-0.25, -0.2) is 4.98 Å². The minimum absolute atomic E-state index is 0.211. The van der Waals surface area contributed by atoms with E-state index in [1.54, 1.807) is 0 Å². The number of hydrogen-bond acceptors (Lipinski definition) is 4. The van der Waals surface area contributed by atoms with Crippen molar-refractivity contribution in [1.82, 2.24) is 4.98 Å². The molecule has 0 saturated carbocycles. The van der Waals surface area contributed by atoms with Gasteiger partial charge in [0.2, 0.25) is 0 Å². The Balaban J connectivity index is 1.59. The van der Waals surface area contributed by atoms with Crippen molar-refractivity contribution in [2.75, 3.05) is 11.1 Å². The summed E-state index contributed by atoms with van der Waals surface area (Å²) in [5.74, 6) is -0.211. The molecule has 1 amide bonds. The Morgan fingerprint density at radius 3 is 2.68 bits per heavy atom. The van der Waals surface area contributed by atoms with Crippen LogP contribution in [0.5, 0.6) is 0 Å². The number of benzene rings is 3. The van der Waals surface area contributed by atoms with Crippen LogP contribution < -0.4 is 11.1 Å². The van der Waals surface area contributed by atoms with Crippen LogP contribution in [0, 0.1) is 6.92 Å². The second-order valence-corrected chi connectivity index (χ2v) is 7.86. The lowest BCUT2D eigenvalue weighted by Gasteiger charge is -2.08. The summed E-state index contributed by atoms with van der Waals surface area (Å²) in [7, 11) is 0. The van der Waals surface area contributed by atoms with Gasteiger partial charge < -0.3 is 11.1 Å². The second kappa shape index (κ2) is 6.32. The van der Waals surface area contributed by atoms with E-state index in [0.717, 1.165) is 43.1 Å². The zero-order valence-corrected chi connectivity index (χ0v) is 16.0. The minimum Gasteiger partial charge on any atom is -0.397 e. The van der Waals surface area contributed by atoms with E-state index in [2.05, 4.69) is 11.4 Å². The number of nitrogens with one attached hydrogen (secondary N) is 1. The van der Waals surface area contributed by atoms with E-state index in [1.165, 1.54) is 11.3 Å². The fourth-order valence-electron chi connectivity index (χ4n) is 3.51. The number of hydrogen-bond donors (Lipinski definition) is 2. The van der Waals surface area contributed by atoms with Gasteiger partial charge in [0, 0.05) is 21.8 Å². The summed E-state index contributed by atoms with van der Waals surface area (Å²) >= 11 is 1.33. The number of nitrogens with zero attached hydrogens (tertiary/aromatic N) is 1. The predicted octanol–water partition coefficient (Wildman–Crippen LogP) is 5.75. The maximum absolute atomic E-state index is 13.0. The van der Waals surface area contributed by atoms with Crippen LogP contribution in [0.4, 0.5) is 11.4 Å². The Morgan fingerprint density at radius 1 is 0.964 bits per heavy atom. The number of aryl methyl sites for hydroxylation is 1. The smallest absolute Gasteiger partial charge is 0.267 e. The molecular weight excluding hydrogens is 366 g/mol. The number of anilines is 2. The molecular formula is C23H17N3OS. The fourth-order valence-corrected chi connectivity index (χ4v) is 4.48. The highest BCUT2D eigenvalue weighted by molar-refractivity contribution is 7.21. The molecule has 0 bridgehead atoms. The number of fused-ring (bicyclic) bond motifs is 3. The highest BCUT2D eigenvalue weighted by atomic mass is 32.1. The normalized spacial score (nSPS) is 11.3. The van der Waals surface area contributed by atoms with Crippen molar-refractivity contribution in [3.05, 3.63) is 77.2 Å². The average molecular weight is 383 g/mol. The summed E-state index contributed by atoms with van der Waals surface area (Å²) in [6.45, 7) is 2.05. The highest BCUT2D eigenvalue weighted by Gasteiger charge is 2.18. The van der Waals surface area contributed by atoms with Crippen LogP contribution in [0.15, 0.2) is 66.7 Å². The largest absolute Gasteiger partial charge is 0.397 e. The Labute approximate surface area is 165 Å². The molecule has 5 rings (SSSR count). The van der Waals surface area contributed by atoms with Gasteiger partial charge in [0.15, 0.2) is 0 Å². The number of carbonyl (C=O) groups excluding carboxylic acids is 1. The van der Waals surface area contributed by atoms with Crippen molar-refractivity contribution in [1.29, 1.82) is 0 Å². The first-order valence-corrected chi connectivity index (χ1v) is 9.80. The number of nitrogen functional groups attached to an aromatic ring is 1. The number of nitrogens with two attached hydrogens (primary N) is 1. The van der Waals surface area contributed by atoms with Crippen LogP contribution in [0.3, 0.4) is 0 Å². The number of carbonyl (C=O) groups is 1. The first kappa shape index (κ1) is 16.7. The number of pyridine rings is 1. The summed E-state index contributed by atoms with van der Waals surface area (Å²) in [5.41, 5.74) is 9.66. The zero-order valence-electron chi connectivity index (χ0n) is 15.2. The summed E-state index contributed by atoms with van der Waals surface area (Å²) < 4.78 is 0. The Bertz CT molecular complexity index is 1380.